The van der Waals surface area contributed by atoms with Gasteiger partial charge in [-0.05, 0) is 67.4 Å². The fourth-order valence-corrected chi connectivity index (χ4v) is 6.60. The standard InChI is InChI=1S/C27H26ClF3N2O8S/c28-22-7-1-17(27(29,30)31)15-21(22)23-8-4-19(41-23)16-24(34)32-11-14-40-18-2-5-20(6-3-18)42(37,38)26(25(35)33-36)9-12-39-13-10-26/h1-8,15,36H,9-14,16H2,(H,32,34)(H,33,35). The minimum absolute atomic E-state index is 0.0370. The van der Waals surface area contributed by atoms with Gasteiger partial charge in [-0.3, -0.25) is 14.8 Å². The number of hydroxylamine groups is 1. The van der Waals surface area contributed by atoms with Crippen molar-refractivity contribution in [2.24, 2.45) is 0 Å². The minimum Gasteiger partial charge on any atom is -0.492 e. The number of halogens is 4. The van der Waals surface area contributed by atoms with Gasteiger partial charge in [0.05, 0.1) is 28.4 Å². The maximum Gasteiger partial charge on any atom is 0.416 e. The zero-order chi connectivity index (χ0) is 30.5. The topological polar surface area (TPSA) is 144 Å². The number of furan rings is 1. The first kappa shape index (κ1) is 31.3. The second-order valence-electron chi connectivity index (χ2n) is 9.36. The van der Waals surface area contributed by atoms with E-state index in [9.17, 15) is 31.2 Å². The summed E-state index contributed by atoms with van der Waals surface area (Å²) in [4.78, 5) is 24.5. The maximum atomic E-state index is 13.3. The zero-order valence-electron chi connectivity index (χ0n) is 21.9. The van der Waals surface area contributed by atoms with Gasteiger partial charge in [0, 0.05) is 18.8 Å². The fraction of sp³-hybridized carbons (Fsp3) is 0.333. The van der Waals surface area contributed by atoms with E-state index in [1.807, 2.05) is 0 Å². The normalized spacial score (nSPS) is 15.2. The predicted octanol–water partition coefficient (Wildman–Crippen LogP) is 4.18. The van der Waals surface area contributed by atoms with Crippen LogP contribution < -0.4 is 15.5 Å². The van der Waals surface area contributed by atoms with Crippen LogP contribution in [0.25, 0.3) is 11.3 Å². The highest BCUT2D eigenvalue weighted by Crippen LogP contribution is 2.37. The van der Waals surface area contributed by atoms with Crippen molar-refractivity contribution in [3.05, 3.63) is 70.9 Å². The number of nitrogens with one attached hydrogen (secondary N) is 2. The smallest absolute Gasteiger partial charge is 0.416 e. The van der Waals surface area contributed by atoms with Crippen molar-refractivity contribution in [1.82, 2.24) is 10.8 Å². The Morgan fingerprint density at radius 1 is 1.05 bits per heavy atom. The zero-order valence-corrected chi connectivity index (χ0v) is 23.4. The van der Waals surface area contributed by atoms with E-state index in [4.69, 9.17) is 30.7 Å². The Bertz CT molecular complexity index is 1540. The third-order valence-electron chi connectivity index (χ3n) is 6.71. The monoisotopic (exact) mass is 630 g/mol. The first-order valence-corrected chi connectivity index (χ1v) is 14.5. The number of benzene rings is 2. The summed E-state index contributed by atoms with van der Waals surface area (Å²) in [6.07, 6.45) is -4.96. The van der Waals surface area contributed by atoms with Crippen LogP contribution in [0.3, 0.4) is 0 Å². The van der Waals surface area contributed by atoms with Gasteiger partial charge in [0.2, 0.25) is 5.91 Å². The number of carbonyl (C=O) groups excluding carboxylic acids is 2. The van der Waals surface area contributed by atoms with Crippen LogP contribution in [0.4, 0.5) is 13.2 Å². The van der Waals surface area contributed by atoms with E-state index in [-0.39, 0.29) is 72.6 Å². The molecule has 3 N–H and O–H groups in total. The molecule has 15 heteroatoms. The van der Waals surface area contributed by atoms with E-state index in [1.165, 1.54) is 41.9 Å². The van der Waals surface area contributed by atoms with Crippen molar-refractivity contribution in [1.29, 1.82) is 0 Å². The summed E-state index contributed by atoms with van der Waals surface area (Å²) >= 11 is 6.04. The number of hydrogen-bond donors (Lipinski definition) is 3. The van der Waals surface area contributed by atoms with Gasteiger partial charge in [-0.1, -0.05) is 11.6 Å². The van der Waals surface area contributed by atoms with Crippen molar-refractivity contribution in [3.63, 3.8) is 0 Å². The number of rotatable bonds is 10. The van der Waals surface area contributed by atoms with E-state index in [1.54, 1.807) is 0 Å². The molecule has 0 aliphatic carbocycles. The molecule has 226 valence electrons. The molecule has 1 aromatic heterocycles. The summed E-state index contributed by atoms with van der Waals surface area (Å²) in [7, 11) is -4.18. The number of ether oxygens (including phenoxy) is 2. The molecule has 4 rings (SSSR count). The van der Waals surface area contributed by atoms with E-state index >= 15 is 0 Å². The molecule has 2 heterocycles. The lowest BCUT2D eigenvalue weighted by molar-refractivity contribution is -0.137. The molecule has 0 atom stereocenters. The van der Waals surface area contributed by atoms with Crippen molar-refractivity contribution in [2.45, 2.75) is 35.1 Å². The Morgan fingerprint density at radius 3 is 2.38 bits per heavy atom. The Labute approximate surface area is 243 Å². The molecule has 1 aliphatic heterocycles. The van der Waals surface area contributed by atoms with Crippen molar-refractivity contribution >= 4 is 33.3 Å². The van der Waals surface area contributed by atoms with Gasteiger partial charge in [0.15, 0.2) is 14.6 Å². The molecule has 2 aromatic carbocycles. The second kappa shape index (κ2) is 12.7. The number of amides is 2. The second-order valence-corrected chi connectivity index (χ2v) is 12.0. The number of sulfone groups is 1. The van der Waals surface area contributed by atoms with Crippen molar-refractivity contribution in [3.8, 4) is 17.1 Å². The van der Waals surface area contributed by atoms with Gasteiger partial charge in [-0.15, -0.1) is 0 Å². The van der Waals surface area contributed by atoms with Crippen molar-refractivity contribution < 1.29 is 50.3 Å². The summed E-state index contributed by atoms with van der Waals surface area (Å²) in [5.74, 6) is -0.843. The average Bonchev–Trinajstić information content (AvgIpc) is 3.43. The first-order chi connectivity index (χ1) is 19.9. The lowest BCUT2D eigenvalue weighted by Gasteiger charge is -2.34. The highest BCUT2D eigenvalue weighted by atomic mass is 35.5. The fourth-order valence-electron chi connectivity index (χ4n) is 4.45. The Kier molecular flexibility index (Phi) is 9.50. The maximum absolute atomic E-state index is 13.3. The highest BCUT2D eigenvalue weighted by Gasteiger charge is 2.52. The Balaban J connectivity index is 1.29. The molecular weight excluding hydrogens is 605 g/mol. The van der Waals surface area contributed by atoms with Crippen LogP contribution in [-0.4, -0.2) is 56.6 Å². The molecule has 1 aliphatic rings. The quantitative estimate of drug-likeness (QED) is 0.172. The van der Waals surface area contributed by atoms with Crippen LogP contribution in [0.5, 0.6) is 5.75 Å². The average molecular weight is 631 g/mol. The van der Waals surface area contributed by atoms with E-state index in [2.05, 4.69) is 5.32 Å². The lowest BCUT2D eigenvalue weighted by Crippen LogP contribution is -2.54. The molecule has 0 unspecified atom stereocenters. The summed E-state index contributed by atoms with van der Waals surface area (Å²) in [5, 5.41) is 11.8. The van der Waals surface area contributed by atoms with E-state index in [0.29, 0.717) is 5.75 Å². The minimum atomic E-state index is -4.55. The van der Waals surface area contributed by atoms with Crippen molar-refractivity contribution in [2.75, 3.05) is 26.4 Å². The van der Waals surface area contributed by atoms with Crippen LogP contribution >= 0.6 is 11.6 Å². The van der Waals surface area contributed by atoms with Crippen LogP contribution in [0, 0.1) is 0 Å². The predicted molar refractivity (Wildman–Crippen MR) is 143 cm³/mol. The van der Waals surface area contributed by atoms with E-state index < -0.39 is 38.1 Å². The van der Waals surface area contributed by atoms with Gasteiger partial charge >= 0.3 is 6.18 Å². The molecule has 10 nitrogen and oxygen atoms in total. The third kappa shape index (κ3) is 6.72. The summed E-state index contributed by atoms with van der Waals surface area (Å²) < 4.78 is 80.1. The summed E-state index contributed by atoms with van der Waals surface area (Å²) in [6, 6.07) is 11.1. The SMILES string of the molecule is O=C(Cc1ccc(-c2cc(C(F)(F)F)ccc2Cl)o1)NCCOc1ccc(S(=O)(=O)C2(C(=O)NO)CCOCC2)cc1. The Morgan fingerprint density at radius 2 is 1.74 bits per heavy atom. The third-order valence-corrected chi connectivity index (χ3v) is 9.56. The van der Waals surface area contributed by atoms with Crippen LogP contribution in [0.1, 0.15) is 24.2 Å². The van der Waals surface area contributed by atoms with E-state index in [0.717, 1.165) is 18.2 Å². The summed E-state index contributed by atoms with van der Waals surface area (Å²) in [6.45, 7) is 0.219. The molecule has 42 heavy (non-hydrogen) atoms. The molecule has 0 radical (unpaired) electrons. The van der Waals surface area contributed by atoms with Gasteiger partial charge in [-0.25, -0.2) is 13.9 Å². The number of carbonyl (C=O) groups is 2. The highest BCUT2D eigenvalue weighted by molar-refractivity contribution is 7.93. The molecular formula is C27H26ClF3N2O8S. The molecule has 0 spiro atoms. The van der Waals surface area contributed by atoms with Crippen LogP contribution in [0.2, 0.25) is 5.02 Å². The molecule has 3 aromatic rings. The molecule has 1 fully saturated rings. The summed E-state index contributed by atoms with van der Waals surface area (Å²) in [5.41, 5.74) is 0.621. The van der Waals surface area contributed by atoms with Gasteiger partial charge in [0.1, 0.15) is 23.9 Å². The molecule has 0 saturated carbocycles. The van der Waals surface area contributed by atoms with Crippen LogP contribution in [0.15, 0.2) is 63.9 Å². The number of alkyl halides is 3. The van der Waals surface area contributed by atoms with Crippen LogP contribution in [-0.2, 0) is 36.8 Å². The Hall–Kier alpha value is -3.59. The molecule has 0 bridgehead atoms. The first-order valence-electron chi connectivity index (χ1n) is 12.6. The van der Waals surface area contributed by atoms with Gasteiger partial charge in [0.25, 0.3) is 5.91 Å². The largest absolute Gasteiger partial charge is 0.492 e. The lowest BCUT2D eigenvalue weighted by atomic mass is 9.98. The molecule has 1 saturated heterocycles. The van der Waals surface area contributed by atoms with Gasteiger partial charge < -0.3 is 19.2 Å². The number of hydrogen-bond acceptors (Lipinski definition) is 8. The molecule has 2 amide bonds. The van der Waals surface area contributed by atoms with Gasteiger partial charge in [-0.2, -0.15) is 13.2 Å².